The van der Waals surface area contributed by atoms with Crippen molar-refractivity contribution in [2.75, 3.05) is 24.5 Å². The van der Waals surface area contributed by atoms with Crippen LogP contribution < -0.4 is 26.4 Å². The predicted octanol–water partition coefficient (Wildman–Crippen LogP) is 0.867. The molecule has 3 aliphatic heterocycles. The number of carbonyl (C=O) groups excluding carboxylic acids is 2. The first-order chi connectivity index (χ1) is 12.6. The van der Waals surface area contributed by atoms with Gasteiger partial charge in [-0.3, -0.25) is 15.0 Å². The van der Waals surface area contributed by atoms with Crippen LogP contribution in [0, 0.1) is 5.92 Å². The molecule has 4 rings (SSSR count). The lowest BCUT2D eigenvalue weighted by atomic mass is 9.89. The maximum atomic E-state index is 12.7. The Morgan fingerprint density at radius 2 is 2.04 bits per heavy atom. The highest BCUT2D eigenvalue weighted by atomic mass is 35.5. The zero-order valence-corrected chi connectivity index (χ0v) is 16.3. The average Bonchev–Trinajstić information content (AvgIpc) is 3.28. The van der Waals surface area contributed by atoms with Crippen LogP contribution in [0.25, 0.3) is 0 Å². The number of carbonyl (C=O) groups is 2. The van der Waals surface area contributed by atoms with Gasteiger partial charge in [0.05, 0.1) is 6.04 Å². The molecule has 3 fully saturated rings. The van der Waals surface area contributed by atoms with Crippen molar-refractivity contribution in [1.82, 2.24) is 21.5 Å². The van der Waals surface area contributed by atoms with Gasteiger partial charge in [0.25, 0.3) is 0 Å². The highest BCUT2D eigenvalue weighted by Gasteiger charge is 2.41. The third-order valence-electron chi connectivity index (χ3n) is 5.80. The summed E-state index contributed by atoms with van der Waals surface area (Å²) < 4.78 is 0. The van der Waals surface area contributed by atoms with Crippen molar-refractivity contribution in [2.45, 2.75) is 44.3 Å². The van der Waals surface area contributed by atoms with Crippen molar-refractivity contribution in [2.24, 2.45) is 5.92 Å². The molecule has 148 valence electrons. The van der Waals surface area contributed by atoms with E-state index in [1.807, 2.05) is 36.1 Å². The number of anilines is 1. The van der Waals surface area contributed by atoms with E-state index in [0.29, 0.717) is 12.5 Å². The summed E-state index contributed by atoms with van der Waals surface area (Å²) in [5.74, 6) is 0.494. The number of hydrogen-bond donors (Lipinski definition) is 4. The molecule has 3 saturated heterocycles. The van der Waals surface area contributed by atoms with Gasteiger partial charge in [-0.25, -0.2) is 5.43 Å². The van der Waals surface area contributed by atoms with E-state index in [9.17, 15) is 9.59 Å². The van der Waals surface area contributed by atoms with Crippen molar-refractivity contribution >= 4 is 29.9 Å². The number of rotatable bonds is 4. The largest absolute Gasteiger partial charge is 0.348 e. The second-order valence-electron chi connectivity index (χ2n) is 7.50. The predicted molar refractivity (Wildman–Crippen MR) is 107 cm³/mol. The van der Waals surface area contributed by atoms with Crippen molar-refractivity contribution in [3.05, 3.63) is 29.8 Å². The molecular formula is C19H28ClN5O2. The molecule has 7 nitrogen and oxygen atoms in total. The number of benzene rings is 1. The molecule has 0 aliphatic carbocycles. The maximum absolute atomic E-state index is 12.7. The molecule has 4 unspecified atom stereocenters. The van der Waals surface area contributed by atoms with Crippen LogP contribution in [0.15, 0.2) is 24.3 Å². The Hall–Kier alpha value is -1.67. The highest BCUT2D eigenvalue weighted by Crippen LogP contribution is 2.24. The molecule has 0 saturated carbocycles. The number of hydrogen-bond acceptors (Lipinski definition) is 5. The summed E-state index contributed by atoms with van der Waals surface area (Å²) >= 11 is 0. The number of halogens is 1. The van der Waals surface area contributed by atoms with Gasteiger partial charge in [-0.2, -0.15) is 0 Å². The number of piperidine rings is 1. The van der Waals surface area contributed by atoms with Crippen molar-refractivity contribution in [3.63, 3.8) is 0 Å². The first kappa shape index (κ1) is 20.1. The third-order valence-corrected chi connectivity index (χ3v) is 5.80. The van der Waals surface area contributed by atoms with E-state index in [-0.39, 0.29) is 42.2 Å². The van der Waals surface area contributed by atoms with E-state index >= 15 is 0 Å². The Bertz CT molecular complexity index is 683. The molecule has 4 N–H and O–H groups in total. The van der Waals surface area contributed by atoms with Crippen LogP contribution in [0.1, 0.15) is 37.8 Å². The van der Waals surface area contributed by atoms with Crippen molar-refractivity contribution in [1.29, 1.82) is 0 Å². The summed E-state index contributed by atoms with van der Waals surface area (Å²) in [6.45, 7) is 4.64. The van der Waals surface area contributed by atoms with Crippen molar-refractivity contribution < 1.29 is 9.59 Å². The van der Waals surface area contributed by atoms with Gasteiger partial charge in [0.15, 0.2) is 0 Å². The standard InChI is InChI=1S/C19H27N5O2.ClH/c1-12(13-4-6-14(7-5-13)24-10-2-3-17(24)25)21-19(26)18-15-11-20-9-8-16(15)22-23-18;/h4-7,12,15-16,18,20,22-23H,2-3,8-11H2,1H3,(H,21,26);1H. The van der Waals surface area contributed by atoms with Crippen LogP contribution in [-0.2, 0) is 9.59 Å². The van der Waals surface area contributed by atoms with Crippen molar-refractivity contribution in [3.8, 4) is 0 Å². The lowest BCUT2D eigenvalue weighted by molar-refractivity contribution is -0.124. The smallest absolute Gasteiger partial charge is 0.239 e. The Morgan fingerprint density at radius 1 is 1.26 bits per heavy atom. The second kappa shape index (κ2) is 8.56. The quantitative estimate of drug-likeness (QED) is 0.610. The number of hydrazine groups is 1. The van der Waals surface area contributed by atoms with E-state index in [1.165, 1.54) is 0 Å². The Morgan fingerprint density at radius 3 is 2.74 bits per heavy atom. The van der Waals surface area contributed by atoms with Gasteiger partial charge in [-0.1, -0.05) is 12.1 Å². The monoisotopic (exact) mass is 393 g/mol. The fourth-order valence-electron chi connectivity index (χ4n) is 4.23. The van der Waals surface area contributed by atoms with E-state index in [0.717, 1.165) is 43.7 Å². The summed E-state index contributed by atoms with van der Waals surface area (Å²) in [5.41, 5.74) is 8.39. The van der Waals surface area contributed by atoms with Crippen LogP contribution in [0.5, 0.6) is 0 Å². The van der Waals surface area contributed by atoms with Gasteiger partial charge < -0.3 is 15.5 Å². The minimum atomic E-state index is -0.211. The fraction of sp³-hybridized carbons (Fsp3) is 0.579. The molecule has 4 atom stereocenters. The van der Waals surface area contributed by atoms with E-state index in [1.54, 1.807) is 0 Å². The van der Waals surface area contributed by atoms with Gasteiger partial charge in [-0.05, 0) is 44.0 Å². The molecule has 1 aromatic carbocycles. The normalized spacial score (nSPS) is 28.4. The number of fused-ring (bicyclic) bond motifs is 1. The molecule has 3 heterocycles. The molecule has 0 radical (unpaired) electrons. The van der Waals surface area contributed by atoms with Gasteiger partial charge in [0.1, 0.15) is 6.04 Å². The van der Waals surface area contributed by atoms with Gasteiger partial charge in [0.2, 0.25) is 11.8 Å². The minimum absolute atomic E-state index is 0. The first-order valence-corrected chi connectivity index (χ1v) is 9.56. The van der Waals surface area contributed by atoms with Crippen LogP contribution >= 0.6 is 12.4 Å². The Kier molecular flexibility index (Phi) is 6.37. The first-order valence-electron chi connectivity index (χ1n) is 9.56. The number of amides is 2. The summed E-state index contributed by atoms with van der Waals surface area (Å²) in [4.78, 5) is 26.4. The van der Waals surface area contributed by atoms with Crippen LogP contribution in [-0.4, -0.2) is 43.5 Å². The van der Waals surface area contributed by atoms with Crippen LogP contribution in [0.4, 0.5) is 5.69 Å². The number of nitrogens with zero attached hydrogens (tertiary/aromatic N) is 1. The lowest BCUT2D eigenvalue weighted by Crippen LogP contribution is -2.49. The molecule has 1 aromatic rings. The third kappa shape index (κ3) is 4.11. The fourth-order valence-corrected chi connectivity index (χ4v) is 4.23. The molecule has 0 aromatic heterocycles. The van der Waals surface area contributed by atoms with Gasteiger partial charge >= 0.3 is 0 Å². The summed E-state index contributed by atoms with van der Waals surface area (Å²) in [6, 6.07) is 8.00. The molecule has 0 bridgehead atoms. The van der Waals surface area contributed by atoms with Crippen LogP contribution in [0.3, 0.4) is 0 Å². The average molecular weight is 394 g/mol. The number of nitrogens with one attached hydrogen (secondary N) is 4. The molecular weight excluding hydrogens is 366 g/mol. The lowest BCUT2D eigenvalue weighted by Gasteiger charge is -2.28. The molecule has 27 heavy (non-hydrogen) atoms. The molecule has 2 amide bonds. The van der Waals surface area contributed by atoms with E-state index in [4.69, 9.17) is 0 Å². The maximum Gasteiger partial charge on any atom is 0.239 e. The summed E-state index contributed by atoms with van der Waals surface area (Å²) in [7, 11) is 0. The highest BCUT2D eigenvalue weighted by molar-refractivity contribution is 5.95. The Labute approximate surface area is 166 Å². The zero-order chi connectivity index (χ0) is 18.1. The summed E-state index contributed by atoms with van der Waals surface area (Å²) in [6.07, 6.45) is 2.59. The van der Waals surface area contributed by atoms with E-state index in [2.05, 4.69) is 21.5 Å². The van der Waals surface area contributed by atoms with E-state index < -0.39 is 0 Å². The van der Waals surface area contributed by atoms with Gasteiger partial charge in [0, 0.05) is 37.2 Å². The summed E-state index contributed by atoms with van der Waals surface area (Å²) in [5, 5.41) is 6.49. The minimum Gasteiger partial charge on any atom is -0.348 e. The second-order valence-corrected chi connectivity index (χ2v) is 7.50. The topological polar surface area (TPSA) is 85.5 Å². The van der Waals surface area contributed by atoms with Crippen LogP contribution in [0.2, 0.25) is 0 Å². The zero-order valence-electron chi connectivity index (χ0n) is 15.5. The molecule has 0 spiro atoms. The molecule has 8 heteroatoms. The molecule has 3 aliphatic rings. The SMILES string of the molecule is CC(NC(=O)C1NNC2CCNCC21)c1ccc(N2CCCC2=O)cc1.Cl. The Balaban J connectivity index is 0.00000210. The van der Waals surface area contributed by atoms with Gasteiger partial charge in [-0.15, -0.1) is 12.4 Å².